The summed E-state index contributed by atoms with van der Waals surface area (Å²) in [6, 6.07) is 5.86. The maximum Gasteiger partial charge on any atom is 0.410 e. The van der Waals surface area contributed by atoms with Crippen LogP contribution in [0.5, 0.6) is 0 Å². The monoisotopic (exact) mass is 703 g/mol. The van der Waals surface area contributed by atoms with Crippen LogP contribution in [0.3, 0.4) is 0 Å². The Kier molecular flexibility index (Phi) is 18.7. The van der Waals surface area contributed by atoms with Gasteiger partial charge in [0.25, 0.3) is 11.8 Å². The molecule has 0 aliphatic carbocycles. The third kappa shape index (κ3) is 15.0. The highest BCUT2D eigenvalue weighted by Gasteiger charge is 2.34. The quantitative estimate of drug-likeness (QED) is 0.0812. The van der Waals surface area contributed by atoms with Gasteiger partial charge in [-0.3, -0.25) is 24.2 Å². The number of rotatable bonds is 22. The zero-order valence-electron chi connectivity index (χ0n) is 30.5. The van der Waals surface area contributed by atoms with Crippen LogP contribution in [0, 0.1) is 0 Å². The Labute approximate surface area is 296 Å². The summed E-state index contributed by atoms with van der Waals surface area (Å²) in [7, 11) is 0. The largest absolute Gasteiger partial charge is 0.450 e. The second-order valence-corrected chi connectivity index (χ2v) is 13.2. The first-order valence-corrected chi connectivity index (χ1v) is 17.9. The van der Waals surface area contributed by atoms with Crippen molar-refractivity contribution in [3.63, 3.8) is 0 Å². The molecule has 0 bridgehead atoms. The number of hydrogen-bond donors (Lipinski definition) is 3. The number of amides is 6. The fourth-order valence-corrected chi connectivity index (χ4v) is 5.13. The molecule has 14 heteroatoms. The molecule has 0 fully saturated rings. The Morgan fingerprint density at radius 2 is 1.32 bits per heavy atom. The van der Waals surface area contributed by atoms with Gasteiger partial charge in [0.15, 0.2) is 0 Å². The summed E-state index contributed by atoms with van der Waals surface area (Å²) in [4.78, 5) is 79.0. The van der Waals surface area contributed by atoms with Gasteiger partial charge in [0.2, 0.25) is 5.91 Å². The summed E-state index contributed by atoms with van der Waals surface area (Å²) in [6.45, 7) is 11.0. The molecule has 3 N–H and O–H groups in total. The molecule has 0 aromatic heterocycles. The standard InChI is InChI=1S/C36H57N5O9/c1-6-8-25-48-33(45)38-22-16-24-40(35(47)49-26-9-7-2)29(19-15-21-39-34(46)50-36(3,4)5)30(42)37-20-13-10-14-23-41-31(43)27-17-11-12-18-28(27)32(41)44/h11-12,17-18,29H,6-10,13-16,19-26H2,1-5H3,(H,37,42)(H,38,45)(H,39,46). The van der Waals surface area contributed by atoms with Crippen molar-refractivity contribution in [1.82, 2.24) is 25.8 Å². The van der Waals surface area contributed by atoms with Crippen LogP contribution in [0.15, 0.2) is 24.3 Å². The normalized spacial score (nSPS) is 12.9. The average Bonchev–Trinajstić information content (AvgIpc) is 3.31. The van der Waals surface area contributed by atoms with E-state index in [2.05, 4.69) is 16.0 Å². The summed E-state index contributed by atoms with van der Waals surface area (Å²) >= 11 is 0. The Hall–Kier alpha value is -4.36. The average molecular weight is 704 g/mol. The van der Waals surface area contributed by atoms with Gasteiger partial charge in [0, 0.05) is 32.7 Å². The van der Waals surface area contributed by atoms with E-state index in [1.165, 1.54) is 9.80 Å². The number of carbonyl (C=O) groups is 6. The first-order valence-electron chi connectivity index (χ1n) is 17.9. The van der Waals surface area contributed by atoms with Gasteiger partial charge in [-0.2, -0.15) is 0 Å². The van der Waals surface area contributed by atoms with Gasteiger partial charge < -0.3 is 30.2 Å². The molecule has 1 aromatic carbocycles. The Morgan fingerprint density at radius 1 is 0.740 bits per heavy atom. The highest BCUT2D eigenvalue weighted by Crippen LogP contribution is 2.22. The molecule has 1 heterocycles. The van der Waals surface area contributed by atoms with Crippen LogP contribution in [-0.4, -0.2) is 103 Å². The number of nitrogens with zero attached hydrogens (tertiary/aromatic N) is 2. The molecule has 2 rings (SSSR count). The van der Waals surface area contributed by atoms with E-state index < -0.39 is 29.9 Å². The zero-order chi connectivity index (χ0) is 36.9. The predicted molar refractivity (Wildman–Crippen MR) is 188 cm³/mol. The second-order valence-electron chi connectivity index (χ2n) is 13.2. The molecule has 1 unspecified atom stereocenters. The summed E-state index contributed by atoms with van der Waals surface area (Å²) in [5, 5.41) is 8.29. The molecule has 1 aromatic rings. The highest BCUT2D eigenvalue weighted by molar-refractivity contribution is 6.21. The van der Waals surface area contributed by atoms with E-state index in [9.17, 15) is 28.8 Å². The van der Waals surface area contributed by atoms with E-state index in [0.717, 1.165) is 19.3 Å². The van der Waals surface area contributed by atoms with Gasteiger partial charge in [0.1, 0.15) is 11.6 Å². The summed E-state index contributed by atoms with van der Waals surface area (Å²) in [6.07, 6.45) is 4.18. The number of fused-ring (bicyclic) bond motifs is 1. The number of imide groups is 1. The van der Waals surface area contributed by atoms with Crippen LogP contribution in [0.4, 0.5) is 14.4 Å². The van der Waals surface area contributed by atoms with Crippen LogP contribution in [0.25, 0.3) is 0 Å². The lowest BCUT2D eigenvalue weighted by Gasteiger charge is -2.30. The van der Waals surface area contributed by atoms with Crippen LogP contribution in [0.2, 0.25) is 0 Å². The minimum atomic E-state index is -0.903. The van der Waals surface area contributed by atoms with E-state index >= 15 is 0 Å². The first kappa shape index (κ1) is 41.8. The van der Waals surface area contributed by atoms with Gasteiger partial charge in [-0.15, -0.1) is 0 Å². The van der Waals surface area contributed by atoms with Crippen LogP contribution < -0.4 is 16.0 Å². The molecule has 0 saturated heterocycles. The maximum atomic E-state index is 13.6. The van der Waals surface area contributed by atoms with Crippen molar-refractivity contribution in [1.29, 1.82) is 0 Å². The number of alkyl carbamates (subject to hydrolysis) is 2. The zero-order valence-corrected chi connectivity index (χ0v) is 30.5. The number of ether oxygens (including phenoxy) is 3. The number of carbonyl (C=O) groups excluding carboxylic acids is 6. The minimum absolute atomic E-state index is 0.137. The minimum Gasteiger partial charge on any atom is -0.450 e. The molecule has 1 atom stereocenters. The van der Waals surface area contributed by atoms with Crippen molar-refractivity contribution in [3.05, 3.63) is 35.4 Å². The van der Waals surface area contributed by atoms with Gasteiger partial charge >= 0.3 is 18.3 Å². The van der Waals surface area contributed by atoms with Gasteiger partial charge in [-0.1, -0.05) is 38.8 Å². The van der Waals surface area contributed by atoms with Crippen LogP contribution in [0.1, 0.15) is 120 Å². The predicted octanol–water partition coefficient (Wildman–Crippen LogP) is 5.40. The van der Waals surface area contributed by atoms with Crippen LogP contribution in [-0.2, 0) is 19.0 Å². The number of hydrogen-bond acceptors (Lipinski definition) is 9. The van der Waals surface area contributed by atoms with Crippen molar-refractivity contribution >= 4 is 36.0 Å². The molecule has 14 nitrogen and oxygen atoms in total. The van der Waals surface area contributed by atoms with Gasteiger partial charge in [-0.05, 0) is 84.3 Å². The third-order valence-corrected chi connectivity index (χ3v) is 7.77. The van der Waals surface area contributed by atoms with E-state index in [1.807, 2.05) is 13.8 Å². The molecular weight excluding hydrogens is 646 g/mol. The molecule has 280 valence electrons. The second kappa shape index (κ2) is 22.4. The molecular formula is C36H57N5O9. The molecule has 1 aliphatic heterocycles. The van der Waals surface area contributed by atoms with E-state index in [1.54, 1.807) is 45.0 Å². The fraction of sp³-hybridized carbons (Fsp3) is 0.667. The lowest BCUT2D eigenvalue weighted by Crippen LogP contribution is -2.51. The molecule has 50 heavy (non-hydrogen) atoms. The van der Waals surface area contributed by atoms with Gasteiger partial charge in [-0.25, -0.2) is 14.4 Å². The SMILES string of the molecule is CCCCOC(=O)NCCCN(C(=O)OCCCC)C(CCCNC(=O)OC(C)(C)C)C(=O)NCCCCCN1C(=O)c2ccccc2C1=O. The number of unbranched alkanes of at least 4 members (excludes halogenated alkanes) is 4. The third-order valence-electron chi connectivity index (χ3n) is 7.77. The van der Waals surface area contributed by atoms with Crippen LogP contribution >= 0.6 is 0 Å². The van der Waals surface area contributed by atoms with Crippen molar-refractivity contribution in [2.45, 2.75) is 110 Å². The molecule has 1 aliphatic rings. The number of nitrogens with one attached hydrogen (secondary N) is 3. The Balaban J connectivity index is 1.99. The van der Waals surface area contributed by atoms with Crippen molar-refractivity contribution in [3.8, 4) is 0 Å². The topological polar surface area (TPSA) is 173 Å². The Morgan fingerprint density at radius 3 is 1.94 bits per heavy atom. The first-order chi connectivity index (χ1) is 23.9. The van der Waals surface area contributed by atoms with E-state index in [4.69, 9.17) is 14.2 Å². The van der Waals surface area contributed by atoms with Gasteiger partial charge in [0.05, 0.1) is 24.3 Å². The van der Waals surface area contributed by atoms with Crippen molar-refractivity contribution in [2.24, 2.45) is 0 Å². The fourth-order valence-electron chi connectivity index (χ4n) is 5.13. The lowest BCUT2D eigenvalue weighted by molar-refractivity contribution is -0.126. The smallest absolute Gasteiger partial charge is 0.410 e. The van der Waals surface area contributed by atoms with E-state index in [0.29, 0.717) is 62.8 Å². The number of benzene rings is 1. The molecule has 6 amide bonds. The Bertz CT molecular complexity index is 1230. The molecule has 0 saturated carbocycles. The van der Waals surface area contributed by atoms with E-state index in [-0.39, 0.29) is 56.9 Å². The maximum absolute atomic E-state index is 13.6. The summed E-state index contributed by atoms with van der Waals surface area (Å²) in [5.74, 6) is -0.961. The molecule has 0 spiro atoms. The van der Waals surface area contributed by atoms with Crippen molar-refractivity contribution < 1.29 is 43.0 Å². The summed E-state index contributed by atoms with van der Waals surface area (Å²) in [5.41, 5.74) is 0.169. The molecule has 0 radical (unpaired) electrons. The van der Waals surface area contributed by atoms with Crippen molar-refractivity contribution in [2.75, 3.05) is 45.9 Å². The summed E-state index contributed by atoms with van der Waals surface area (Å²) < 4.78 is 15.9. The highest BCUT2D eigenvalue weighted by atomic mass is 16.6. The lowest BCUT2D eigenvalue weighted by atomic mass is 10.1.